The average Bonchev–Trinajstić information content (AvgIpc) is 2.99. The van der Waals surface area contributed by atoms with Crippen LogP contribution in [0, 0.1) is 5.82 Å². The van der Waals surface area contributed by atoms with E-state index in [4.69, 9.17) is 9.15 Å². The lowest BCUT2D eigenvalue weighted by Crippen LogP contribution is -2.25. The molecule has 0 fully saturated rings. The van der Waals surface area contributed by atoms with Gasteiger partial charge < -0.3 is 14.5 Å². The topological polar surface area (TPSA) is 77.2 Å². The molecule has 0 saturated carbocycles. The molecular weight excluding hydrogens is 289 g/mol. The maximum Gasteiger partial charge on any atom is 0.250 e. The van der Waals surface area contributed by atoms with Crippen LogP contribution in [-0.4, -0.2) is 36.4 Å². The van der Waals surface area contributed by atoms with Crippen LogP contribution in [0.4, 0.5) is 4.39 Å². The summed E-state index contributed by atoms with van der Waals surface area (Å²) in [6.45, 7) is 1.17. The molecule has 22 heavy (non-hydrogen) atoms. The molecule has 1 N–H and O–H groups in total. The lowest BCUT2D eigenvalue weighted by molar-refractivity contribution is -0.121. The zero-order valence-corrected chi connectivity index (χ0v) is 12.3. The molecule has 0 atom stereocenters. The first-order valence-corrected chi connectivity index (χ1v) is 7.03. The highest BCUT2D eigenvalue weighted by Crippen LogP contribution is 2.21. The van der Waals surface area contributed by atoms with Gasteiger partial charge in [0.2, 0.25) is 11.8 Å². The Morgan fingerprint density at radius 1 is 1.36 bits per heavy atom. The molecule has 1 aromatic heterocycles. The van der Waals surface area contributed by atoms with Gasteiger partial charge in [-0.2, -0.15) is 0 Å². The van der Waals surface area contributed by atoms with Gasteiger partial charge in [0.25, 0.3) is 5.89 Å². The maximum absolute atomic E-state index is 13.6. The van der Waals surface area contributed by atoms with E-state index in [0.717, 1.165) is 6.42 Å². The van der Waals surface area contributed by atoms with E-state index in [9.17, 15) is 9.18 Å². The second-order valence-corrected chi connectivity index (χ2v) is 4.68. The molecule has 7 heteroatoms. The molecule has 0 radical (unpaired) electrons. The van der Waals surface area contributed by atoms with Gasteiger partial charge in [-0.3, -0.25) is 4.79 Å². The third-order valence-corrected chi connectivity index (χ3v) is 2.98. The molecule has 0 saturated heterocycles. The van der Waals surface area contributed by atoms with Gasteiger partial charge in [0, 0.05) is 33.1 Å². The smallest absolute Gasteiger partial charge is 0.250 e. The molecule has 2 rings (SSSR count). The van der Waals surface area contributed by atoms with Crippen molar-refractivity contribution < 1.29 is 18.3 Å². The highest BCUT2D eigenvalue weighted by molar-refractivity contribution is 5.75. The Labute approximate surface area is 127 Å². The number of nitrogens with zero attached hydrogens (tertiary/aromatic N) is 2. The highest BCUT2D eigenvalue weighted by atomic mass is 19.1. The van der Waals surface area contributed by atoms with Gasteiger partial charge >= 0.3 is 0 Å². The molecule has 0 spiro atoms. The molecule has 118 valence electrons. The lowest BCUT2D eigenvalue weighted by atomic mass is 10.2. The van der Waals surface area contributed by atoms with Gasteiger partial charge in [-0.05, 0) is 18.6 Å². The van der Waals surface area contributed by atoms with Crippen molar-refractivity contribution in [2.75, 3.05) is 20.3 Å². The minimum absolute atomic E-state index is 0.0956. The summed E-state index contributed by atoms with van der Waals surface area (Å²) in [4.78, 5) is 11.6. The fourth-order valence-electron chi connectivity index (χ4n) is 1.85. The van der Waals surface area contributed by atoms with E-state index in [1.165, 1.54) is 6.07 Å². The maximum atomic E-state index is 13.6. The lowest BCUT2D eigenvalue weighted by Gasteiger charge is -2.03. The fraction of sp³-hybridized carbons (Fsp3) is 0.400. The Kier molecular flexibility index (Phi) is 6.02. The summed E-state index contributed by atoms with van der Waals surface area (Å²) in [6, 6.07) is 6.17. The van der Waals surface area contributed by atoms with Crippen LogP contribution in [0.5, 0.6) is 0 Å². The number of benzene rings is 1. The second kappa shape index (κ2) is 8.23. The van der Waals surface area contributed by atoms with E-state index in [0.29, 0.717) is 25.5 Å². The number of amides is 1. The van der Waals surface area contributed by atoms with Crippen LogP contribution in [0.15, 0.2) is 28.7 Å². The highest BCUT2D eigenvalue weighted by Gasteiger charge is 2.13. The molecule has 0 aliphatic rings. The molecule has 1 amide bonds. The van der Waals surface area contributed by atoms with Crippen molar-refractivity contribution in [3.05, 3.63) is 36.0 Å². The van der Waals surface area contributed by atoms with Gasteiger partial charge in [0.15, 0.2) is 0 Å². The zero-order chi connectivity index (χ0) is 15.8. The van der Waals surface area contributed by atoms with Crippen molar-refractivity contribution in [2.24, 2.45) is 0 Å². The van der Waals surface area contributed by atoms with Crippen LogP contribution in [0.3, 0.4) is 0 Å². The van der Waals surface area contributed by atoms with E-state index < -0.39 is 5.82 Å². The number of aromatic nitrogens is 2. The predicted octanol–water partition coefficient (Wildman–Crippen LogP) is 1.96. The molecule has 0 aliphatic carbocycles. The monoisotopic (exact) mass is 307 g/mol. The second-order valence-electron chi connectivity index (χ2n) is 4.68. The van der Waals surface area contributed by atoms with Crippen molar-refractivity contribution in [1.29, 1.82) is 0 Å². The van der Waals surface area contributed by atoms with E-state index in [1.54, 1.807) is 25.3 Å². The first kappa shape index (κ1) is 16.1. The quantitative estimate of drug-likeness (QED) is 0.754. The summed E-state index contributed by atoms with van der Waals surface area (Å²) in [6.07, 6.45) is 1.32. The fourth-order valence-corrected chi connectivity index (χ4v) is 1.85. The first-order valence-electron chi connectivity index (χ1n) is 7.03. The minimum Gasteiger partial charge on any atom is -0.421 e. The number of hydrogen-bond donors (Lipinski definition) is 1. The van der Waals surface area contributed by atoms with Crippen LogP contribution in [0.2, 0.25) is 0 Å². The van der Waals surface area contributed by atoms with Gasteiger partial charge in [0.1, 0.15) is 5.82 Å². The largest absolute Gasteiger partial charge is 0.421 e. The van der Waals surface area contributed by atoms with Crippen LogP contribution in [0.1, 0.15) is 18.7 Å². The average molecular weight is 307 g/mol. The summed E-state index contributed by atoms with van der Waals surface area (Å²) >= 11 is 0. The molecule has 1 heterocycles. The Morgan fingerprint density at radius 3 is 2.95 bits per heavy atom. The third kappa shape index (κ3) is 4.63. The van der Waals surface area contributed by atoms with E-state index >= 15 is 0 Å². The summed E-state index contributed by atoms with van der Waals surface area (Å²) in [5, 5.41) is 10.4. The minimum atomic E-state index is -0.423. The number of ether oxygens (including phenoxy) is 1. The number of rotatable bonds is 8. The van der Waals surface area contributed by atoms with E-state index in [1.807, 2.05) is 0 Å². The number of carbonyl (C=O) groups is 1. The van der Waals surface area contributed by atoms with Crippen LogP contribution in [0.25, 0.3) is 11.5 Å². The molecular formula is C15H18FN3O3. The number of hydrogen-bond acceptors (Lipinski definition) is 5. The number of nitrogens with one attached hydrogen (secondary N) is 1. The molecule has 1 aromatic carbocycles. The summed E-state index contributed by atoms with van der Waals surface area (Å²) in [5.41, 5.74) is 0.255. The Hall–Kier alpha value is -2.28. The SMILES string of the molecule is COCCCNC(=O)CCc1nnc(-c2ccccc2F)o1. The standard InChI is InChI=1S/C15H18FN3O3/c1-21-10-4-9-17-13(20)7-8-14-18-19-15(22-14)11-5-2-3-6-12(11)16/h2-3,5-6H,4,7-10H2,1H3,(H,17,20). The van der Waals surface area contributed by atoms with Crippen molar-refractivity contribution in [1.82, 2.24) is 15.5 Å². The van der Waals surface area contributed by atoms with Crippen molar-refractivity contribution in [3.63, 3.8) is 0 Å². The van der Waals surface area contributed by atoms with Crippen molar-refractivity contribution in [3.8, 4) is 11.5 Å². The van der Waals surface area contributed by atoms with Crippen LogP contribution in [-0.2, 0) is 16.0 Å². The van der Waals surface area contributed by atoms with Crippen LogP contribution < -0.4 is 5.32 Å². The summed E-state index contributed by atoms with van der Waals surface area (Å²) in [5.74, 6) is -0.0887. The molecule has 2 aromatic rings. The summed E-state index contributed by atoms with van der Waals surface area (Å²) < 4.78 is 23.9. The van der Waals surface area contributed by atoms with Gasteiger partial charge in [-0.1, -0.05) is 12.1 Å². The zero-order valence-electron chi connectivity index (χ0n) is 12.3. The van der Waals surface area contributed by atoms with Gasteiger partial charge in [0.05, 0.1) is 5.56 Å². The Bertz CT molecular complexity index is 616. The molecule has 0 bridgehead atoms. The van der Waals surface area contributed by atoms with Gasteiger partial charge in [-0.15, -0.1) is 10.2 Å². The van der Waals surface area contributed by atoms with Crippen molar-refractivity contribution in [2.45, 2.75) is 19.3 Å². The molecule has 0 aliphatic heterocycles. The predicted molar refractivity (Wildman–Crippen MR) is 77.5 cm³/mol. The van der Waals surface area contributed by atoms with Crippen LogP contribution >= 0.6 is 0 Å². The normalized spacial score (nSPS) is 10.6. The summed E-state index contributed by atoms with van der Waals surface area (Å²) in [7, 11) is 1.62. The first-order chi connectivity index (χ1) is 10.7. The number of carbonyl (C=O) groups excluding carboxylic acids is 1. The number of aryl methyl sites for hydroxylation is 1. The number of methoxy groups -OCH3 is 1. The Balaban J connectivity index is 1.83. The molecule has 6 nitrogen and oxygen atoms in total. The van der Waals surface area contributed by atoms with E-state index in [-0.39, 0.29) is 23.8 Å². The molecule has 0 unspecified atom stereocenters. The third-order valence-electron chi connectivity index (χ3n) is 2.98. The Morgan fingerprint density at radius 2 is 2.18 bits per heavy atom. The van der Waals surface area contributed by atoms with E-state index in [2.05, 4.69) is 15.5 Å². The number of halogens is 1. The van der Waals surface area contributed by atoms with Crippen molar-refractivity contribution >= 4 is 5.91 Å². The van der Waals surface area contributed by atoms with Gasteiger partial charge in [-0.25, -0.2) is 4.39 Å².